The molecule has 2 saturated heterocycles. The van der Waals surface area contributed by atoms with Crippen molar-refractivity contribution in [2.75, 3.05) is 13.2 Å². The van der Waals surface area contributed by atoms with Crippen LogP contribution in [-0.4, -0.2) is 135 Å². The van der Waals surface area contributed by atoms with Crippen LogP contribution in [0.2, 0.25) is 0 Å². The lowest BCUT2D eigenvalue weighted by Gasteiger charge is -2.47. The molecule has 0 aromatic rings. The van der Waals surface area contributed by atoms with Crippen molar-refractivity contribution in [2.45, 2.75) is 105 Å². The van der Waals surface area contributed by atoms with Gasteiger partial charge in [0.05, 0.1) is 18.8 Å². The fourth-order valence-electron chi connectivity index (χ4n) is 4.61. The number of aliphatic hydroxyl groups is 6. The summed E-state index contributed by atoms with van der Waals surface area (Å²) < 4.78 is 22.7. The molecule has 2 heterocycles. The molecule has 0 spiro atoms. The first-order valence-corrected chi connectivity index (χ1v) is 11.6. The second-order valence-electron chi connectivity index (χ2n) is 9.37. The molecule has 2 aliphatic heterocycles. The Bertz CT molecular complexity index is 706. The number of rotatable bonds is 7. The fourth-order valence-corrected chi connectivity index (χ4v) is 4.61. The summed E-state index contributed by atoms with van der Waals surface area (Å²) in [5, 5.41) is 63.7. The van der Waals surface area contributed by atoms with Crippen molar-refractivity contribution in [2.24, 2.45) is 17.2 Å². The summed E-state index contributed by atoms with van der Waals surface area (Å²) in [7, 11) is 0. The zero-order valence-corrected chi connectivity index (χ0v) is 19.4. The van der Waals surface area contributed by atoms with Gasteiger partial charge in [-0.1, -0.05) is 0 Å². The second-order valence-corrected chi connectivity index (χ2v) is 9.37. The van der Waals surface area contributed by atoms with Crippen molar-refractivity contribution in [3.63, 3.8) is 0 Å². The molecule has 3 fully saturated rings. The summed E-state index contributed by atoms with van der Waals surface area (Å²) in [5.74, 6) is -0.347. The summed E-state index contributed by atoms with van der Waals surface area (Å²) in [6, 6.07) is -2.73. The Balaban J connectivity index is 1.68. The van der Waals surface area contributed by atoms with Gasteiger partial charge in [-0.3, -0.25) is 4.79 Å². The number of nitrogens with two attached hydrogens (primary N) is 3. The summed E-state index contributed by atoms with van der Waals surface area (Å²) in [6.45, 7) is 0.645. The number of hydrogen-bond acceptors (Lipinski definition) is 14. The Morgan fingerprint density at radius 2 is 1.51 bits per heavy atom. The van der Waals surface area contributed by atoms with Gasteiger partial charge in [0, 0.05) is 32.0 Å². The van der Waals surface area contributed by atoms with Crippen LogP contribution in [0.3, 0.4) is 0 Å². The van der Waals surface area contributed by atoms with E-state index in [4.69, 9.17) is 36.1 Å². The third-order valence-electron chi connectivity index (χ3n) is 6.69. The Morgan fingerprint density at radius 1 is 0.886 bits per heavy atom. The van der Waals surface area contributed by atoms with E-state index in [1.807, 2.05) is 0 Å². The molecule has 35 heavy (non-hydrogen) atoms. The molecule has 15 heteroatoms. The maximum Gasteiger partial charge on any atom is 0.216 e. The lowest BCUT2D eigenvalue weighted by molar-refractivity contribution is -0.317. The van der Waals surface area contributed by atoms with Crippen molar-refractivity contribution >= 4 is 5.91 Å². The van der Waals surface area contributed by atoms with Crippen LogP contribution >= 0.6 is 0 Å². The number of nitrogens with one attached hydrogen (secondary N) is 1. The number of carbonyl (C=O) groups is 1. The molecule has 0 bridgehead atoms. The number of ether oxygens (including phenoxy) is 4. The van der Waals surface area contributed by atoms with Gasteiger partial charge in [0.15, 0.2) is 12.6 Å². The van der Waals surface area contributed by atoms with Gasteiger partial charge >= 0.3 is 0 Å². The van der Waals surface area contributed by atoms with Crippen LogP contribution in [0.25, 0.3) is 0 Å². The zero-order chi connectivity index (χ0) is 26.0. The van der Waals surface area contributed by atoms with Crippen molar-refractivity contribution in [3.05, 3.63) is 0 Å². The van der Waals surface area contributed by atoms with E-state index in [0.29, 0.717) is 0 Å². The summed E-state index contributed by atoms with van der Waals surface area (Å²) in [5.41, 5.74) is 18.1. The zero-order valence-electron chi connectivity index (χ0n) is 19.4. The van der Waals surface area contributed by atoms with Crippen molar-refractivity contribution in [1.82, 2.24) is 5.32 Å². The number of aliphatic hydroxyl groups excluding tert-OH is 6. The number of amides is 1. The maximum absolute atomic E-state index is 11.2. The van der Waals surface area contributed by atoms with E-state index in [1.165, 1.54) is 6.92 Å². The van der Waals surface area contributed by atoms with Gasteiger partial charge in [0.25, 0.3) is 0 Å². The van der Waals surface area contributed by atoms with E-state index >= 15 is 0 Å². The summed E-state index contributed by atoms with van der Waals surface area (Å²) in [6.07, 6.45) is -13.5. The van der Waals surface area contributed by atoms with Gasteiger partial charge < -0.3 is 72.1 Å². The molecule has 13 N–H and O–H groups in total. The third kappa shape index (κ3) is 6.45. The predicted molar refractivity (Wildman–Crippen MR) is 116 cm³/mol. The van der Waals surface area contributed by atoms with Crippen LogP contribution in [0.15, 0.2) is 0 Å². The molecular formula is C20H38N4O11. The third-order valence-corrected chi connectivity index (χ3v) is 6.69. The lowest BCUT2D eigenvalue weighted by atomic mass is 9.84. The van der Waals surface area contributed by atoms with Crippen molar-refractivity contribution in [1.29, 1.82) is 0 Å². The van der Waals surface area contributed by atoms with Crippen LogP contribution in [0.4, 0.5) is 0 Å². The van der Waals surface area contributed by atoms with E-state index in [-0.39, 0.29) is 25.3 Å². The van der Waals surface area contributed by atoms with E-state index in [1.54, 1.807) is 0 Å². The molecule has 0 aromatic carbocycles. The monoisotopic (exact) mass is 510 g/mol. The molecule has 0 radical (unpaired) electrons. The molecular weight excluding hydrogens is 472 g/mol. The highest BCUT2D eigenvalue weighted by Crippen LogP contribution is 2.31. The van der Waals surface area contributed by atoms with Gasteiger partial charge in [-0.25, -0.2) is 0 Å². The normalized spacial score (nSPS) is 49.0. The van der Waals surface area contributed by atoms with Crippen molar-refractivity contribution < 1.29 is 54.4 Å². The standard InChI is InChI=1S/C20H38N4O11/c1-6(26)24-4-10-14(28)9(27)3-12(32-10)34-18-7(21)2-8(22)19(17(18)31)35-20-16(30)13(23)15(29)11(5-25)33-20/h7-20,25,27-31H,2-5,21-23H2,1H3,(H,24,26)/t7-,8+,9+,10+,11+,12?,13-,14-,15+,16+,17-,18+,19-,20+/m0/s1. The average molecular weight is 511 g/mol. The van der Waals surface area contributed by atoms with Crippen LogP contribution in [-0.2, 0) is 23.7 Å². The highest BCUT2D eigenvalue weighted by atomic mass is 16.7. The minimum absolute atomic E-state index is 0.0711. The summed E-state index contributed by atoms with van der Waals surface area (Å²) in [4.78, 5) is 11.2. The first-order valence-electron chi connectivity index (χ1n) is 11.6. The van der Waals surface area contributed by atoms with Crippen LogP contribution in [0, 0.1) is 0 Å². The molecule has 3 aliphatic rings. The average Bonchev–Trinajstić information content (AvgIpc) is 2.80. The minimum Gasteiger partial charge on any atom is -0.394 e. The fraction of sp³-hybridized carbons (Fsp3) is 0.950. The molecule has 204 valence electrons. The predicted octanol–water partition coefficient (Wildman–Crippen LogP) is -6.08. The molecule has 1 saturated carbocycles. The maximum atomic E-state index is 11.2. The Hall–Kier alpha value is -1.05. The Kier molecular flexibility index (Phi) is 9.78. The molecule has 1 unspecified atom stereocenters. The quantitative estimate of drug-likeness (QED) is 0.153. The van der Waals surface area contributed by atoms with Crippen molar-refractivity contribution in [3.8, 4) is 0 Å². The molecule has 3 rings (SSSR count). The van der Waals surface area contributed by atoms with Gasteiger partial charge in [-0.05, 0) is 6.42 Å². The van der Waals surface area contributed by atoms with E-state index in [9.17, 15) is 35.4 Å². The molecule has 14 atom stereocenters. The smallest absolute Gasteiger partial charge is 0.216 e. The molecule has 15 nitrogen and oxygen atoms in total. The van der Waals surface area contributed by atoms with Crippen LogP contribution < -0.4 is 22.5 Å². The van der Waals surface area contributed by atoms with Crippen LogP contribution in [0.5, 0.6) is 0 Å². The van der Waals surface area contributed by atoms with E-state index in [2.05, 4.69) is 5.32 Å². The molecule has 1 aliphatic carbocycles. The van der Waals surface area contributed by atoms with Gasteiger partial charge in [-0.15, -0.1) is 0 Å². The minimum atomic E-state index is -1.48. The molecule has 0 aromatic heterocycles. The highest BCUT2D eigenvalue weighted by Gasteiger charge is 2.50. The number of carbonyl (C=O) groups excluding carboxylic acids is 1. The number of hydrogen-bond donors (Lipinski definition) is 10. The first-order chi connectivity index (χ1) is 16.4. The van der Waals surface area contributed by atoms with Gasteiger partial charge in [-0.2, -0.15) is 0 Å². The topological polar surface area (TPSA) is 265 Å². The van der Waals surface area contributed by atoms with Gasteiger partial charge in [0.2, 0.25) is 5.91 Å². The Labute approximate surface area is 202 Å². The first kappa shape index (κ1) is 28.5. The van der Waals surface area contributed by atoms with E-state index < -0.39 is 92.2 Å². The highest BCUT2D eigenvalue weighted by molar-refractivity contribution is 5.72. The SMILES string of the molecule is CC(=O)NC[C@H]1OC(O[C@H]2[C@H](O)[C@@H](O[C@H]3O[C@H](CO)[C@@H](O)[C@H](N)[C@H]3O)[C@H](N)C[C@@H]2N)C[C@@H](O)[C@@H]1O. The second kappa shape index (κ2) is 12.0. The van der Waals surface area contributed by atoms with E-state index in [0.717, 1.165) is 0 Å². The lowest BCUT2D eigenvalue weighted by Crippen LogP contribution is -2.67. The Morgan fingerprint density at radius 3 is 2.11 bits per heavy atom. The van der Waals surface area contributed by atoms with Gasteiger partial charge in [0.1, 0.15) is 48.8 Å². The molecule has 1 amide bonds. The van der Waals surface area contributed by atoms with Crippen LogP contribution in [0.1, 0.15) is 19.8 Å². The largest absolute Gasteiger partial charge is 0.394 e. The summed E-state index contributed by atoms with van der Waals surface area (Å²) >= 11 is 0.